The Morgan fingerprint density at radius 1 is 1.38 bits per heavy atom. The van der Waals surface area contributed by atoms with Crippen molar-refractivity contribution in [2.24, 2.45) is 28.3 Å². The van der Waals surface area contributed by atoms with Gasteiger partial charge < -0.3 is 15.6 Å². The van der Waals surface area contributed by atoms with Gasteiger partial charge in [-0.2, -0.15) is 0 Å². The van der Waals surface area contributed by atoms with Crippen molar-refractivity contribution in [3.05, 3.63) is 38.3 Å². The Morgan fingerprint density at radius 3 is 2.88 bits per heavy atom. The van der Waals surface area contributed by atoms with E-state index in [1.54, 1.807) is 6.20 Å². The van der Waals surface area contributed by atoms with Gasteiger partial charge in [-0.1, -0.05) is 35.3 Å². The number of phenolic OH excluding ortho intramolecular Hbond substituents is 1. The van der Waals surface area contributed by atoms with Crippen LogP contribution in [0.2, 0.25) is 10.0 Å². The van der Waals surface area contributed by atoms with Crippen molar-refractivity contribution < 1.29 is 15.1 Å². The third-order valence-electron chi connectivity index (χ3n) is 8.50. The molecule has 9 heteroatoms. The number of oxime groups is 1. The highest BCUT2D eigenvalue weighted by Crippen LogP contribution is 2.63. The molecule has 5 rings (SSSR count). The summed E-state index contributed by atoms with van der Waals surface area (Å²) in [4.78, 5) is 17.9. The number of nitrogens with one attached hydrogen (secondary N) is 1. The largest absolute Gasteiger partial charge is 0.505 e. The number of aromatic hydroxyl groups is 1. The third-order valence-corrected chi connectivity index (χ3v) is 10.0. The van der Waals surface area contributed by atoms with Crippen LogP contribution in [-0.4, -0.2) is 26.9 Å². The molecule has 1 aromatic heterocycles. The van der Waals surface area contributed by atoms with Crippen molar-refractivity contribution in [2.75, 3.05) is 5.32 Å². The van der Waals surface area contributed by atoms with Gasteiger partial charge in [-0.15, -0.1) is 11.3 Å². The van der Waals surface area contributed by atoms with Gasteiger partial charge in [0.25, 0.3) is 0 Å². The molecule has 3 aliphatic carbocycles. The zero-order valence-electron chi connectivity index (χ0n) is 19.3. The van der Waals surface area contributed by atoms with Gasteiger partial charge in [-0.05, 0) is 86.3 Å². The van der Waals surface area contributed by atoms with Crippen molar-refractivity contribution in [2.45, 2.75) is 64.7 Å². The van der Waals surface area contributed by atoms with Crippen molar-refractivity contribution >= 4 is 51.3 Å². The van der Waals surface area contributed by atoms with Gasteiger partial charge in [-0.25, -0.2) is 4.98 Å². The summed E-state index contributed by atoms with van der Waals surface area (Å²) in [5.41, 5.74) is 2.85. The number of aryl methyl sites for hydroxylation is 1. The monoisotopic (exact) mass is 521 g/mol. The minimum Gasteiger partial charge on any atom is -0.505 e. The lowest BCUT2D eigenvalue weighted by Crippen LogP contribution is -2.44. The van der Waals surface area contributed by atoms with E-state index in [0.717, 1.165) is 53.8 Å². The Bertz CT molecular complexity index is 1170. The highest BCUT2D eigenvalue weighted by atomic mass is 35.5. The Kier molecular flexibility index (Phi) is 6.32. The van der Waals surface area contributed by atoms with Crippen LogP contribution in [0.4, 0.5) is 5.13 Å². The lowest BCUT2D eigenvalue weighted by molar-refractivity contribution is -0.116. The normalized spacial score (nSPS) is 31.1. The van der Waals surface area contributed by atoms with Crippen molar-refractivity contribution in [1.29, 1.82) is 0 Å². The average molecular weight is 522 g/mol. The van der Waals surface area contributed by atoms with E-state index < -0.39 is 0 Å². The van der Waals surface area contributed by atoms with Crippen molar-refractivity contribution in [1.82, 2.24) is 4.98 Å². The topological polar surface area (TPSA) is 94.8 Å². The Hall–Kier alpha value is -1.83. The predicted molar refractivity (Wildman–Crippen MR) is 136 cm³/mol. The van der Waals surface area contributed by atoms with Gasteiger partial charge >= 0.3 is 0 Å². The van der Waals surface area contributed by atoms with E-state index in [-0.39, 0.29) is 23.0 Å². The molecule has 0 bridgehead atoms. The first-order valence-electron chi connectivity index (χ1n) is 11.9. The first kappa shape index (κ1) is 23.9. The Morgan fingerprint density at radius 2 is 2.18 bits per heavy atom. The number of rotatable bonds is 4. The summed E-state index contributed by atoms with van der Waals surface area (Å²) in [6.07, 6.45) is 7.24. The fraction of sp³-hybridized carbons (Fsp3) is 0.560. The molecule has 1 aromatic carbocycles. The molecule has 182 valence electrons. The molecule has 0 aliphatic heterocycles. The van der Waals surface area contributed by atoms with E-state index >= 15 is 0 Å². The van der Waals surface area contributed by atoms with Crippen LogP contribution >= 0.6 is 34.5 Å². The lowest BCUT2D eigenvalue weighted by Gasteiger charge is -2.50. The molecule has 3 N–H and O–H groups in total. The second-order valence-corrected chi connectivity index (χ2v) is 12.3. The Balaban J connectivity index is 1.39. The number of nitrogens with zero attached hydrogens (tertiary/aromatic N) is 2. The van der Waals surface area contributed by atoms with Gasteiger partial charge in [0.1, 0.15) is 0 Å². The Labute approximate surface area is 213 Å². The molecule has 0 saturated heterocycles. The number of carbonyl (C=O) groups excluding carboxylic acids is 1. The summed E-state index contributed by atoms with van der Waals surface area (Å²) >= 11 is 14.3. The van der Waals surface area contributed by atoms with Gasteiger partial charge in [-0.3, -0.25) is 4.79 Å². The maximum Gasteiger partial charge on any atom is 0.226 e. The summed E-state index contributed by atoms with van der Waals surface area (Å²) in [5, 5.41) is 28.1. The summed E-state index contributed by atoms with van der Waals surface area (Å²) in [5.74, 6) is 1.20. The molecular formula is C25H29Cl2N3O3S. The number of amides is 1. The molecule has 1 heterocycles. The van der Waals surface area contributed by atoms with Crippen LogP contribution in [0.5, 0.6) is 5.75 Å². The molecule has 0 radical (unpaired) electrons. The smallest absolute Gasteiger partial charge is 0.226 e. The number of phenols is 1. The van der Waals surface area contributed by atoms with Crippen LogP contribution in [-0.2, 0) is 11.2 Å². The predicted octanol–water partition coefficient (Wildman–Crippen LogP) is 6.80. The molecule has 1 amide bonds. The van der Waals surface area contributed by atoms with E-state index in [1.165, 1.54) is 11.3 Å². The van der Waals surface area contributed by atoms with Crippen molar-refractivity contribution in [3.63, 3.8) is 0 Å². The first-order chi connectivity index (χ1) is 16.2. The third kappa shape index (κ3) is 3.90. The van der Waals surface area contributed by atoms with E-state index in [9.17, 15) is 15.1 Å². The van der Waals surface area contributed by atoms with E-state index in [0.29, 0.717) is 45.8 Å². The number of halogens is 2. The number of fused-ring (bicyclic) bond motifs is 5. The molecular weight excluding hydrogens is 493 g/mol. The number of thiazole rings is 1. The quantitative estimate of drug-likeness (QED) is 0.304. The standard InChI is InChI=1S/C25H29Cl2N3O3S/c1-12-11-28-24(34-12)29-20(31)6-3-13-9-19(30-33)25(2)8-7-14-15(21(13)25)4-5-16-17(14)10-18(26)23(32)22(16)27/h10-11,13-15,21,32-33H,3-9H2,1-2H3,(H,28,29,31)/b30-19+/t13-,14?,15?,21?,25-/m1/s1. The number of hydrogen-bond donors (Lipinski definition) is 3. The van der Waals surface area contributed by atoms with Crippen molar-refractivity contribution in [3.8, 4) is 5.75 Å². The molecule has 5 atom stereocenters. The van der Waals surface area contributed by atoms with Crippen LogP contribution in [0, 0.1) is 30.1 Å². The van der Waals surface area contributed by atoms with Crippen LogP contribution in [0.15, 0.2) is 17.4 Å². The summed E-state index contributed by atoms with van der Waals surface area (Å²) in [6, 6.07) is 1.89. The van der Waals surface area contributed by atoms with Crippen LogP contribution in [0.25, 0.3) is 0 Å². The van der Waals surface area contributed by atoms with Gasteiger partial charge in [0.15, 0.2) is 10.9 Å². The fourth-order valence-electron chi connectivity index (χ4n) is 7.05. The molecule has 2 saturated carbocycles. The number of carbonyl (C=O) groups is 1. The highest BCUT2D eigenvalue weighted by Gasteiger charge is 2.57. The molecule has 3 unspecified atom stereocenters. The second-order valence-electron chi connectivity index (χ2n) is 10.3. The maximum atomic E-state index is 12.6. The SMILES string of the molecule is Cc1cnc(NC(=O)CC[C@@H]2C/C(=N\O)[C@@]3(C)CCC4c5cc(Cl)c(O)c(Cl)c5CCC4C23)s1. The van der Waals surface area contributed by atoms with Gasteiger partial charge in [0.2, 0.25) is 5.91 Å². The number of aromatic nitrogens is 1. The average Bonchev–Trinajstić information content (AvgIpc) is 3.35. The van der Waals surface area contributed by atoms with E-state index in [2.05, 4.69) is 22.4 Å². The minimum absolute atomic E-state index is 0.0270. The highest BCUT2D eigenvalue weighted by molar-refractivity contribution is 7.15. The molecule has 2 fully saturated rings. The number of hydrogen-bond acceptors (Lipinski definition) is 6. The minimum atomic E-state index is -0.175. The molecule has 2 aromatic rings. The van der Waals surface area contributed by atoms with Crippen LogP contribution < -0.4 is 5.32 Å². The van der Waals surface area contributed by atoms with E-state index in [1.807, 2.05) is 13.0 Å². The van der Waals surface area contributed by atoms with Gasteiger partial charge in [0, 0.05) is 22.9 Å². The zero-order valence-corrected chi connectivity index (χ0v) is 21.6. The second kappa shape index (κ2) is 8.99. The summed E-state index contributed by atoms with van der Waals surface area (Å²) in [7, 11) is 0. The fourth-order valence-corrected chi connectivity index (χ4v) is 8.30. The maximum absolute atomic E-state index is 12.6. The molecule has 6 nitrogen and oxygen atoms in total. The molecule has 34 heavy (non-hydrogen) atoms. The lowest BCUT2D eigenvalue weighted by atomic mass is 9.54. The summed E-state index contributed by atoms with van der Waals surface area (Å²) < 4.78 is 0. The van der Waals surface area contributed by atoms with Crippen LogP contribution in [0.3, 0.4) is 0 Å². The summed E-state index contributed by atoms with van der Waals surface area (Å²) in [6.45, 7) is 4.19. The van der Waals surface area contributed by atoms with E-state index in [4.69, 9.17) is 23.2 Å². The van der Waals surface area contributed by atoms with Gasteiger partial charge in [0.05, 0.1) is 15.8 Å². The first-order valence-corrected chi connectivity index (χ1v) is 13.4. The zero-order chi connectivity index (χ0) is 24.2. The van der Waals surface area contributed by atoms with Crippen LogP contribution in [0.1, 0.15) is 67.4 Å². The molecule has 0 spiro atoms. The number of benzene rings is 1. The molecule has 3 aliphatic rings. The number of anilines is 1.